The van der Waals surface area contributed by atoms with Crippen LogP contribution in [0.3, 0.4) is 0 Å². The van der Waals surface area contributed by atoms with Gasteiger partial charge in [-0.1, -0.05) is 20.3 Å². The third-order valence-corrected chi connectivity index (χ3v) is 4.89. The van der Waals surface area contributed by atoms with Crippen molar-refractivity contribution in [1.82, 2.24) is 15.1 Å². The molecule has 3 nitrogen and oxygen atoms in total. The highest BCUT2D eigenvalue weighted by Gasteiger charge is 2.36. The zero-order chi connectivity index (χ0) is 12.5. The van der Waals surface area contributed by atoms with Crippen molar-refractivity contribution in [3.8, 4) is 0 Å². The first-order chi connectivity index (χ1) is 8.70. The first-order valence-corrected chi connectivity index (χ1v) is 7.90. The fourth-order valence-electron chi connectivity index (χ4n) is 3.93. The lowest BCUT2D eigenvalue weighted by molar-refractivity contribution is 0.0167. The van der Waals surface area contributed by atoms with Crippen molar-refractivity contribution in [2.75, 3.05) is 39.3 Å². The topological polar surface area (TPSA) is 18.5 Å². The molecule has 3 heterocycles. The van der Waals surface area contributed by atoms with E-state index in [1.807, 2.05) is 0 Å². The molecule has 18 heavy (non-hydrogen) atoms. The molecule has 3 fully saturated rings. The standard InChI is InChI=1S/C15H29N3/c1-12(2)7-17-10-15(11-17)18-8-13-4-3-5-14(9-18)16-6-13/h12-16H,3-11H2,1-2H3. The first kappa shape index (κ1) is 12.9. The molecule has 3 saturated heterocycles. The first-order valence-electron chi connectivity index (χ1n) is 7.90. The summed E-state index contributed by atoms with van der Waals surface area (Å²) in [7, 11) is 0. The molecule has 3 rings (SSSR count). The van der Waals surface area contributed by atoms with Crippen molar-refractivity contribution in [2.24, 2.45) is 11.8 Å². The van der Waals surface area contributed by atoms with Crippen LogP contribution in [-0.4, -0.2) is 61.2 Å². The molecule has 2 atom stereocenters. The molecule has 0 amide bonds. The molecule has 3 heteroatoms. The van der Waals surface area contributed by atoms with Gasteiger partial charge in [0.15, 0.2) is 0 Å². The fourth-order valence-corrected chi connectivity index (χ4v) is 3.93. The van der Waals surface area contributed by atoms with E-state index in [-0.39, 0.29) is 0 Å². The van der Waals surface area contributed by atoms with E-state index in [1.54, 1.807) is 0 Å². The minimum absolute atomic E-state index is 0.775. The van der Waals surface area contributed by atoms with Crippen LogP contribution in [0.25, 0.3) is 0 Å². The number of hydrogen-bond donors (Lipinski definition) is 1. The Hall–Kier alpha value is -0.120. The highest BCUT2D eigenvalue weighted by Crippen LogP contribution is 2.25. The minimum atomic E-state index is 0.775. The number of likely N-dealkylation sites (tertiary alicyclic amines) is 2. The smallest absolute Gasteiger partial charge is 0.0351 e. The number of fused-ring (bicyclic) bond motifs is 3. The Balaban J connectivity index is 1.51. The molecule has 0 spiro atoms. The normalized spacial score (nSPS) is 35.5. The Labute approximate surface area is 112 Å². The van der Waals surface area contributed by atoms with E-state index >= 15 is 0 Å². The SMILES string of the molecule is CC(C)CN1CC(N2CC3CCCC(C2)NC3)C1. The summed E-state index contributed by atoms with van der Waals surface area (Å²) < 4.78 is 0. The second kappa shape index (κ2) is 5.48. The van der Waals surface area contributed by atoms with E-state index in [9.17, 15) is 0 Å². The summed E-state index contributed by atoms with van der Waals surface area (Å²) in [6, 6.07) is 1.63. The van der Waals surface area contributed by atoms with Gasteiger partial charge in [0.05, 0.1) is 0 Å². The van der Waals surface area contributed by atoms with Crippen LogP contribution in [0.4, 0.5) is 0 Å². The Kier molecular flexibility index (Phi) is 3.92. The van der Waals surface area contributed by atoms with Crippen molar-refractivity contribution in [3.05, 3.63) is 0 Å². The van der Waals surface area contributed by atoms with Gasteiger partial charge in [-0.3, -0.25) is 9.80 Å². The molecule has 0 aromatic rings. The highest BCUT2D eigenvalue weighted by molar-refractivity contribution is 4.94. The number of hydrogen-bond acceptors (Lipinski definition) is 3. The van der Waals surface area contributed by atoms with Crippen molar-refractivity contribution in [1.29, 1.82) is 0 Å². The number of nitrogens with zero attached hydrogens (tertiary/aromatic N) is 2. The Morgan fingerprint density at radius 1 is 1.11 bits per heavy atom. The quantitative estimate of drug-likeness (QED) is 0.818. The van der Waals surface area contributed by atoms with Gasteiger partial charge in [0, 0.05) is 44.8 Å². The van der Waals surface area contributed by atoms with Crippen molar-refractivity contribution in [2.45, 2.75) is 45.2 Å². The van der Waals surface area contributed by atoms with Crippen LogP contribution in [0.5, 0.6) is 0 Å². The van der Waals surface area contributed by atoms with Gasteiger partial charge in [-0.15, -0.1) is 0 Å². The summed E-state index contributed by atoms with van der Waals surface area (Å²) in [5.74, 6) is 1.73. The Morgan fingerprint density at radius 3 is 2.72 bits per heavy atom. The van der Waals surface area contributed by atoms with Crippen LogP contribution in [0.1, 0.15) is 33.1 Å². The van der Waals surface area contributed by atoms with Gasteiger partial charge in [0.2, 0.25) is 0 Å². The molecule has 0 aromatic heterocycles. The third-order valence-electron chi connectivity index (χ3n) is 4.89. The fraction of sp³-hybridized carbons (Fsp3) is 1.00. The predicted molar refractivity (Wildman–Crippen MR) is 75.8 cm³/mol. The highest BCUT2D eigenvalue weighted by atomic mass is 15.3. The molecule has 1 N–H and O–H groups in total. The van der Waals surface area contributed by atoms with Crippen LogP contribution < -0.4 is 5.32 Å². The van der Waals surface area contributed by atoms with Gasteiger partial charge in [0.1, 0.15) is 0 Å². The molecule has 0 aliphatic carbocycles. The summed E-state index contributed by atoms with van der Waals surface area (Å²) >= 11 is 0. The summed E-state index contributed by atoms with van der Waals surface area (Å²) in [5.41, 5.74) is 0. The van der Waals surface area contributed by atoms with Gasteiger partial charge in [-0.05, 0) is 31.2 Å². The van der Waals surface area contributed by atoms with Gasteiger partial charge >= 0.3 is 0 Å². The van der Waals surface area contributed by atoms with E-state index in [2.05, 4.69) is 29.0 Å². The van der Waals surface area contributed by atoms with Crippen LogP contribution in [0.15, 0.2) is 0 Å². The molecule has 2 unspecified atom stereocenters. The van der Waals surface area contributed by atoms with Crippen molar-refractivity contribution >= 4 is 0 Å². The molecule has 0 radical (unpaired) electrons. The van der Waals surface area contributed by atoms with Crippen molar-refractivity contribution in [3.63, 3.8) is 0 Å². The molecule has 0 saturated carbocycles. The second-order valence-electron chi connectivity index (χ2n) is 7.12. The maximum atomic E-state index is 3.76. The summed E-state index contributed by atoms with van der Waals surface area (Å²) in [4.78, 5) is 5.43. The van der Waals surface area contributed by atoms with E-state index in [0.717, 1.165) is 23.9 Å². The number of rotatable bonds is 3. The zero-order valence-electron chi connectivity index (χ0n) is 12.1. The third kappa shape index (κ3) is 2.89. The summed E-state index contributed by atoms with van der Waals surface area (Å²) in [5, 5.41) is 3.76. The predicted octanol–water partition coefficient (Wildman–Crippen LogP) is 1.40. The van der Waals surface area contributed by atoms with Crippen LogP contribution in [0.2, 0.25) is 0 Å². The maximum Gasteiger partial charge on any atom is 0.0351 e. The van der Waals surface area contributed by atoms with Crippen LogP contribution in [0, 0.1) is 11.8 Å². The molecular formula is C15H29N3. The monoisotopic (exact) mass is 251 g/mol. The average Bonchev–Trinajstić information content (AvgIpc) is 2.55. The summed E-state index contributed by atoms with van der Waals surface area (Å²) in [6.45, 7) is 12.5. The summed E-state index contributed by atoms with van der Waals surface area (Å²) in [6.07, 6.45) is 4.29. The molecule has 2 bridgehead atoms. The van der Waals surface area contributed by atoms with Gasteiger partial charge in [-0.25, -0.2) is 0 Å². The molecular weight excluding hydrogens is 222 g/mol. The lowest BCUT2D eigenvalue weighted by Gasteiger charge is -2.47. The Bertz CT molecular complexity index is 259. The van der Waals surface area contributed by atoms with Crippen LogP contribution >= 0.6 is 0 Å². The van der Waals surface area contributed by atoms with Gasteiger partial charge in [0.25, 0.3) is 0 Å². The Morgan fingerprint density at radius 2 is 1.94 bits per heavy atom. The lowest BCUT2D eigenvalue weighted by Crippen LogP contribution is -2.61. The van der Waals surface area contributed by atoms with Crippen molar-refractivity contribution < 1.29 is 0 Å². The maximum absolute atomic E-state index is 3.76. The zero-order valence-corrected chi connectivity index (χ0v) is 12.1. The minimum Gasteiger partial charge on any atom is -0.312 e. The molecule has 0 aromatic carbocycles. The molecule has 3 aliphatic heterocycles. The number of nitrogens with one attached hydrogen (secondary N) is 1. The van der Waals surface area contributed by atoms with E-state index in [4.69, 9.17) is 0 Å². The van der Waals surface area contributed by atoms with E-state index in [1.165, 1.54) is 58.5 Å². The molecule has 104 valence electrons. The van der Waals surface area contributed by atoms with Gasteiger partial charge in [-0.2, -0.15) is 0 Å². The van der Waals surface area contributed by atoms with E-state index in [0.29, 0.717) is 0 Å². The molecule has 3 aliphatic rings. The second-order valence-corrected chi connectivity index (χ2v) is 7.12. The average molecular weight is 251 g/mol. The van der Waals surface area contributed by atoms with Gasteiger partial charge < -0.3 is 5.32 Å². The van der Waals surface area contributed by atoms with E-state index < -0.39 is 0 Å². The lowest BCUT2D eigenvalue weighted by atomic mass is 9.96. The largest absolute Gasteiger partial charge is 0.312 e. The van der Waals surface area contributed by atoms with Crippen LogP contribution in [-0.2, 0) is 0 Å².